The number of para-hydroxylation sites is 1. The van der Waals surface area contributed by atoms with Gasteiger partial charge in [0.25, 0.3) is 0 Å². The molecule has 1 nitrogen and oxygen atoms in total. The molecular weight excluding hydrogens is 496 g/mol. The zero-order valence-corrected chi connectivity index (χ0v) is 22.3. The molecule has 0 unspecified atom stereocenters. The first-order valence-corrected chi connectivity index (χ1v) is 14.1. The van der Waals surface area contributed by atoms with E-state index in [9.17, 15) is 0 Å². The van der Waals surface area contributed by atoms with Gasteiger partial charge in [-0.3, -0.25) is 0 Å². The van der Waals surface area contributed by atoms with Crippen molar-refractivity contribution in [1.82, 2.24) is 0 Å². The van der Waals surface area contributed by atoms with Gasteiger partial charge in [0.1, 0.15) is 11.2 Å². The van der Waals surface area contributed by atoms with Crippen LogP contribution in [0.15, 0.2) is 150 Å². The van der Waals surface area contributed by atoms with Crippen molar-refractivity contribution in [3.8, 4) is 33.4 Å². The van der Waals surface area contributed by atoms with Crippen LogP contribution in [0.3, 0.4) is 0 Å². The van der Waals surface area contributed by atoms with Crippen molar-refractivity contribution < 1.29 is 4.42 Å². The number of benzene rings is 8. The zero-order chi connectivity index (χ0) is 26.9. The Hall–Kier alpha value is -5.40. The maximum atomic E-state index is 6.17. The Balaban J connectivity index is 1.15. The minimum atomic E-state index is 0.921. The molecule has 1 aromatic heterocycles. The van der Waals surface area contributed by atoms with Gasteiger partial charge in [0.05, 0.1) is 0 Å². The van der Waals surface area contributed by atoms with E-state index >= 15 is 0 Å². The molecule has 0 aliphatic heterocycles. The summed E-state index contributed by atoms with van der Waals surface area (Å²) in [7, 11) is 0. The third-order valence-corrected chi connectivity index (χ3v) is 8.61. The summed E-state index contributed by atoms with van der Waals surface area (Å²) in [5.41, 5.74) is 9.09. The number of fused-ring (bicyclic) bond motifs is 3. The van der Waals surface area contributed by atoms with Crippen molar-refractivity contribution >= 4 is 54.3 Å². The summed E-state index contributed by atoms with van der Waals surface area (Å²) in [5.74, 6) is 0. The predicted molar refractivity (Wildman–Crippen MR) is 174 cm³/mol. The molecule has 0 aliphatic rings. The van der Waals surface area contributed by atoms with Crippen molar-refractivity contribution in [2.45, 2.75) is 0 Å². The quantitative estimate of drug-likeness (QED) is 0.211. The Morgan fingerprint density at radius 2 is 0.878 bits per heavy atom. The van der Waals surface area contributed by atoms with E-state index in [1.54, 1.807) is 0 Å². The molecule has 0 saturated heterocycles. The van der Waals surface area contributed by atoms with Crippen LogP contribution in [0.4, 0.5) is 0 Å². The van der Waals surface area contributed by atoms with Gasteiger partial charge in [-0.1, -0.05) is 115 Å². The van der Waals surface area contributed by atoms with Gasteiger partial charge >= 0.3 is 0 Å². The summed E-state index contributed by atoms with van der Waals surface area (Å²) in [5, 5.41) is 10.2. The van der Waals surface area contributed by atoms with E-state index in [1.807, 2.05) is 12.1 Å². The Kier molecular flexibility index (Phi) is 4.67. The lowest BCUT2D eigenvalue weighted by molar-refractivity contribution is 0.669. The average molecular weight is 521 g/mol. The van der Waals surface area contributed by atoms with Gasteiger partial charge in [-0.2, -0.15) is 0 Å². The van der Waals surface area contributed by atoms with E-state index < -0.39 is 0 Å². The molecule has 190 valence electrons. The van der Waals surface area contributed by atoms with Gasteiger partial charge in [-0.05, 0) is 96.0 Å². The van der Waals surface area contributed by atoms with Crippen LogP contribution in [-0.2, 0) is 0 Å². The summed E-state index contributed by atoms with van der Waals surface area (Å²) in [6, 6.07) is 52.7. The summed E-state index contributed by atoms with van der Waals surface area (Å²) in [6.07, 6.45) is 0. The molecule has 0 atom stereocenters. The van der Waals surface area contributed by atoms with Gasteiger partial charge in [0.2, 0.25) is 0 Å². The third kappa shape index (κ3) is 3.43. The smallest absolute Gasteiger partial charge is 0.136 e. The zero-order valence-electron chi connectivity index (χ0n) is 22.3. The highest BCUT2D eigenvalue weighted by atomic mass is 16.3. The summed E-state index contributed by atoms with van der Waals surface area (Å²) in [4.78, 5) is 0. The molecule has 1 heterocycles. The number of hydrogen-bond donors (Lipinski definition) is 0. The molecule has 9 aromatic rings. The van der Waals surface area contributed by atoms with Crippen molar-refractivity contribution in [3.63, 3.8) is 0 Å². The fourth-order valence-corrected chi connectivity index (χ4v) is 6.64. The predicted octanol–water partition coefficient (Wildman–Crippen LogP) is 11.5. The Morgan fingerprint density at radius 3 is 1.68 bits per heavy atom. The van der Waals surface area contributed by atoms with Crippen molar-refractivity contribution in [2.24, 2.45) is 0 Å². The first-order valence-electron chi connectivity index (χ1n) is 14.1. The third-order valence-electron chi connectivity index (χ3n) is 8.61. The van der Waals surface area contributed by atoms with Crippen LogP contribution in [0.2, 0.25) is 0 Å². The normalized spacial score (nSPS) is 11.9. The van der Waals surface area contributed by atoms with Gasteiger partial charge in [-0.15, -0.1) is 0 Å². The Bertz CT molecular complexity index is 2410. The van der Waals surface area contributed by atoms with Crippen LogP contribution in [0.1, 0.15) is 0 Å². The highest BCUT2D eigenvalue weighted by Crippen LogP contribution is 2.40. The second kappa shape index (κ2) is 8.55. The monoisotopic (exact) mass is 520 g/mol. The molecule has 8 aromatic carbocycles. The van der Waals surface area contributed by atoms with E-state index in [4.69, 9.17) is 4.42 Å². The lowest BCUT2D eigenvalue weighted by Gasteiger charge is -2.15. The molecule has 0 N–H and O–H groups in total. The second-order valence-corrected chi connectivity index (χ2v) is 10.9. The molecule has 0 amide bonds. The number of rotatable bonds is 3. The summed E-state index contributed by atoms with van der Waals surface area (Å²) >= 11 is 0. The number of hydrogen-bond acceptors (Lipinski definition) is 1. The molecular formula is C40H24O. The van der Waals surface area contributed by atoms with Gasteiger partial charge < -0.3 is 4.42 Å². The fourth-order valence-electron chi connectivity index (χ4n) is 6.64. The molecule has 0 aliphatic carbocycles. The topological polar surface area (TPSA) is 13.1 Å². The SMILES string of the molecule is c1cc(-c2cccc(-c3ccc4ccc5cccc6ccc3c4c56)c2)cc(-c2ccc3c(c2)oc2ccccc23)c1. The largest absolute Gasteiger partial charge is 0.456 e. The average Bonchev–Trinajstić information content (AvgIpc) is 3.42. The Labute approximate surface area is 237 Å². The van der Waals surface area contributed by atoms with Crippen molar-refractivity contribution in [3.05, 3.63) is 146 Å². The first kappa shape index (κ1) is 22.4. The molecule has 0 fully saturated rings. The fraction of sp³-hybridized carbons (Fsp3) is 0. The van der Waals surface area contributed by atoms with Crippen LogP contribution in [0.25, 0.3) is 87.6 Å². The molecule has 9 rings (SSSR count). The maximum absolute atomic E-state index is 6.17. The van der Waals surface area contributed by atoms with Crippen LogP contribution in [-0.4, -0.2) is 0 Å². The van der Waals surface area contributed by atoms with Crippen LogP contribution in [0.5, 0.6) is 0 Å². The molecule has 1 heteroatoms. The van der Waals surface area contributed by atoms with E-state index in [-0.39, 0.29) is 0 Å². The lowest BCUT2D eigenvalue weighted by atomic mass is 9.89. The standard InChI is InChI=1S/C40H24O/c1-2-13-37-34(12-1)35-20-18-31(24-38(35)41-37)29-9-4-8-28(22-29)30-10-5-11-32(23-30)33-19-16-27-15-14-25-6-3-7-26-17-21-36(33)40(27)39(25)26/h1-24H. The molecule has 0 radical (unpaired) electrons. The van der Waals surface area contributed by atoms with Gasteiger partial charge in [0, 0.05) is 10.8 Å². The summed E-state index contributed by atoms with van der Waals surface area (Å²) < 4.78 is 6.17. The lowest BCUT2D eigenvalue weighted by Crippen LogP contribution is -1.88. The highest BCUT2D eigenvalue weighted by Gasteiger charge is 2.13. The van der Waals surface area contributed by atoms with E-state index in [0.29, 0.717) is 0 Å². The molecule has 0 saturated carbocycles. The second-order valence-electron chi connectivity index (χ2n) is 10.9. The molecule has 0 bridgehead atoms. The Morgan fingerprint density at radius 1 is 0.317 bits per heavy atom. The first-order chi connectivity index (χ1) is 20.3. The molecule has 0 spiro atoms. The number of furan rings is 1. The van der Waals surface area contributed by atoms with Gasteiger partial charge in [-0.25, -0.2) is 0 Å². The minimum Gasteiger partial charge on any atom is -0.456 e. The van der Waals surface area contributed by atoms with E-state index in [2.05, 4.69) is 133 Å². The maximum Gasteiger partial charge on any atom is 0.136 e. The van der Waals surface area contributed by atoms with Crippen LogP contribution >= 0.6 is 0 Å². The van der Waals surface area contributed by atoms with Crippen molar-refractivity contribution in [2.75, 3.05) is 0 Å². The van der Waals surface area contributed by atoms with Crippen molar-refractivity contribution in [1.29, 1.82) is 0 Å². The van der Waals surface area contributed by atoms with Crippen LogP contribution in [0, 0.1) is 0 Å². The van der Waals surface area contributed by atoms with E-state index in [0.717, 1.165) is 27.5 Å². The van der Waals surface area contributed by atoms with Crippen LogP contribution < -0.4 is 0 Å². The highest BCUT2D eigenvalue weighted by molar-refractivity contribution is 6.25. The minimum absolute atomic E-state index is 0.921. The van der Waals surface area contributed by atoms with Gasteiger partial charge in [0.15, 0.2) is 0 Å². The van der Waals surface area contributed by atoms with E-state index in [1.165, 1.54) is 60.1 Å². The molecule has 41 heavy (non-hydrogen) atoms. The summed E-state index contributed by atoms with van der Waals surface area (Å²) in [6.45, 7) is 0.